The van der Waals surface area contributed by atoms with Gasteiger partial charge in [-0.05, 0) is 75.9 Å². The summed E-state index contributed by atoms with van der Waals surface area (Å²) in [4.78, 5) is 21.9. The van der Waals surface area contributed by atoms with Crippen LogP contribution in [0.15, 0.2) is 34.1 Å². The van der Waals surface area contributed by atoms with Crippen molar-refractivity contribution in [3.8, 4) is 0 Å². The number of rotatable bonds is 3. The highest BCUT2D eigenvalue weighted by molar-refractivity contribution is 14.0. The van der Waals surface area contributed by atoms with E-state index in [4.69, 9.17) is 9.47 Å². The van der Waals surface area contributed by atoms with Gasteiger partial charge >= 0.3 is 6.09 Å². The molecular formula is C29H41IN4O3S. The second-order valence-electron chi connectivity index (χ2n) is 11.1. The van der Waals surface area contributed by atoms with E-state index in [1.54, 1.807) is 0 Å². The van der Waals surface area contributed by atoms with Crippen molar-refractivity contribution >= 4 is 64.6 Å². The van der Waals surface area contributed by atoms with Gasteiger partial charge in [0.15, 0.2) is 0 Å². The van der Waals surface area contributed by atoms with Crippen molar-refractivity contribution in [2.24, 2.45) is 0 Å². The van der Waals surface area contributed by atoms with Crippen molar-refractivity contribution in [3.05, 3.63) is 35.4 Å². The van der Waals surface area contributed by atoms with E-state index in [0.717, 1.165) is 58.8 Å². The summed E-state index contributed by atoms with van der Waals surface area (Å²) < 4.78 is 11.2. The first kappa shape index (κ1) is 29.1. The van der Waals surface area contributed by atoms with Crippen LogP contribution in [-0.2, 0) is 15.9 Å². The summed E-state index contributed by atoms with van der Waals surface area (Å²) in [6.07, 6.45) is 1.67. The maximum Gasteiger partial charge on any atom is 0.410 e. The molecule has 0 aromatic heterocycles. The summed E-state index contributed by atoms with van der Waals surface area (Å²) in [6.45, 7) is 16.8. The van der Waals surface area contributed by atoms with Gasteiger partial charge in [-0.2, -0.15) is 0 Å². The third kappa shape index (κ3) is 6.47. The number of amides is 1. The fourth-order valence-electron chi connectivity index (χ4n) is 5.25. The van der Waals surface area contributed by atoms with Crippen molar-refractivity contribution in [1.82, 2.24) is 4.90 Å². The Hall–Kier alpha value is -1.85. The summed E-state index contributed by atoms with van der Waals surface area (Å²) in [5.74, 6) is 0. The van der Waals surface area contributed by atoms with Gasteiger partial charge in [-0.3, -0.25) is 0 Å². The quantitative estimate of drug-likeness (QED) is 0.318. The van der Waals surface area contributed by atoms with Gasteiger partial charge < -0.3 is 29.5 Å². The summed E-state index contributed by atoms with van der Waals surface area (Å²) in [5, 5.41) is 3.79. The lowest BCUT2D eigenvalue weighted by atomic mass is 10.1. The third-order valence-corrected chi connectivity index (χ3v) is 8.28. The highest BCUT2D eigenvalue weighted by Crippen LogP contribution is 2.49. The van der Waals surface area contributed by atoms with Gasteiger partial charge in [-0.25, -0.2) is 4.79 Å². The minimum atomic E-state index is -0.474. The minimum Gasteiger partial charge on any atom is -0.444 e. The van der Waals surface area contributed by atoms with Crippen LogP contribution in [0.1, 0.15) is 45.2 Å². The Morgan fingerprint density at radius 3 is 2.29 bits per heavy atom. The molecule has 3 aliphatic heterocycles. The first-order valence-corrected chi connectivity index (χ1v) is 14.4. The average molecular weight is 653 g/mol. The van der Waals surface area contributed by atoms with Crippen LogP contribution >= 0.6 is 35.7 Å². The molecule has 0 radical (unpaired) electrons. The molecule has 2 saturated heterocycles. The normalized spacial score (nSPS) is 17.6. The predicted molar refractivity (Wildman–Crippen MR) is 167 cm³/mol. The standard InChI is InChI=1S/C29H40N4O3S.HI/c1-6-21-17-23(31-8-7-9-33(11-10-31)28(34)36-29(3,4)5)19-25-27(21)30-26-20(2)16-22(18-24(26)37-25)32-12-14-35-15-13-32;/h16-19,30H,6-15H2,1-5H3;1H. The Balaban J connectivity index is 0.00000336. The predicted octanol–water partition coefficient (Wildman–Crippen LogP) is 6.67. The molecule has 2 aromatic carbocycles. The van der Waals surface area contributed by atoms with E-state index in [1.807, 2.05) is 37.4 Å². The van der Waals surface area contributed by atoms with Gasteiger partial charge in [-0.15, -0.1) is 24.0 Å². The molecule has 2 fully saturated rings. The SMILES string of the molecule is CCc1cc(N2CCCN(C(=O)OC(C)(C)C)CC2)cc2c1Nc1c(C)cc(N3CCOCC3)cc1S2.I. The molecule has 2 aromatic rings. The molecule has 5 rings (SSSR count). The summed E-state index contributed by atoms with van der Waals surface area (Å²) in [5.41, 5.74) is 7.10. The number of fused-ring (bicyclic) bond motifs is 2. The fourth-order valence-corrected chi connectivity index (χ4v) is 6.44. The molecule has 0 bridgehead atoms. The van der Waals surface area contributed by atoms with Crippen molar-refractivity contribution in [3.63, 3.8) is 0 Å². The topological polar surface area (TPSA) is 57.3 Å². The molecule has 1 N–H and O–H groups in total. The maximum absolute atomic E-state index is 12.7. The van der Waals surface area contributed by atoms with E-state index in [9.17, 15) is 4.79 Å². The second kappa shape index (κ2) is 12.1. The number of ether oxygens (including phenoxy) is 2. The monoisotopic (exact) mass is 652 g/mol. The van der Waals surface area contributed by atoms with Gasteiger partial charge in [-0.1, -0.05) is 18.7 Å². The number of halogens is 1. The number of morpholine rings is 1. The van der Waals surface area contributed by atoms with Crippen LogP contribution in [0.4, 0.5) is 27.5 Å². The van der Waals surface area contributed by atoms with Crippen molar-refractivity contribution < 1.29 is 14.3 Å². The molecule has 0 spiro atoms. The number of nitrogens with one attached hydrogen (secondary N) is 1. The van der Waals surface area contributed by atoms with Gasteiger partial charge in [0.25, 0.3) is 0 Å². The number of carbonyl (C=O) groups is 1. The van der Waals surface area contributed by atoms with Crippen LogP contribution in [0.5, 0.6) is 0 Å². The highest BCUT2D eigenvalue weighted by Gasteiger charge is 2.27. The number of benzene rings is 2. The fraction of sp³-hybridized carbons (Fsp3) is 0.552. The zero-order valence-corrected chi connectivity index (χ0v) is 26.4. The first-order valence-electron chi connectivity index (χ1n) is 13.5. The van der Waals surface area contributed by atoms with Crippen LogP contribution in [0.2, 0.25) is 0 Å². The number of hydrogen-bond acceptors (Lipinski definition) is 7. The van der Waals surface area contributed by atoms with Crippen molar-refractivity contribution in [2.75, 3.05) is 67.6 Å². The molecule has 1 amide bonds. The summed E-state index contributed by atoms with van der Waals surface area (Å²) in [7, 11) is 0. The van der Waals surface area contributed by atoms with Crippen molar-refractivity contribution in [1.29, 1.82) is 0 Å². The van der Waals surface area contributed by atoms with Crippen LogP contribution in [-0.4, -0.2) is 69.1 Å². The van der Waals surface area contributed by atoms with Gasteiger partial charge in [0.05, 0.1) is 24.6 Å². The van der Waals surface area contributed by atoms with Crippen LogP contribution < -0.4 is 15.1 Å². The van der Waals surface area contributed by atoms with Crippen LogP contribution in [0.3, 0.4) is 0 Å². The lowest BCUT2D eigenvalue weighted by Crippen LogP contribution is -2.39. The molecule has 0 aliphatic carbocycles. The third-order valence-electron chi connectivity index (χ3n) is 7.19. The molecule has 3 heterocycles. The van der Waals surface area contributed by atoms with E-state index in [2.05, 4.69) is 53.2 Å². The lowest BCUT2D eigenvalue weighted by Gasteiger charge is -2.32. The zero-order valence-electron chi connectivity index (χ0n) is 23.3. The Morgan fingerprint density at radius 1 is 0.947 bits per heavy atom. The largest absolute Gasteiger partial charge is 0.444 e. The number of anilines is 4. The molecule has 3 aliphatic rings. The highest BCUT2D eigenvalue weighted by atomic mass is 127. The number of hydrogen-bond donors (Lipinski definition) is 1. The second-order valence-corrected chi connectivity index (χ2v) is 12.2. The Bertz CT molecular complexity index is 1160. The zero-order chi connectivity index (χ0) is 26.2. The van der Waals surface area contributed by atoms with Gasteiger partial charge in [0.1, 0.15) is 5.60 Å². The van der Waals surface area contributed by atoms with Gasteiger partial charge in [0, 0.05) is 60.4 Å². The Labute approximate surface area is 248 Å². The van der Waals surface area contributed by atoms with Crippen molar-refractivity contribution in [2.45, 2.75) is 62.9 Å². The molecular weight excluding hydrogens is 611 g/mol. The van der Waals surface area contributed by atoms with Crippen LogP contribution in [0, 0.1) is 6.92 Å². The number of carbonyl (C=O) groups excluding carboxylic acids is 1. The number of aryl methyl sites for hydroxylation is 2. The molecule has 38 heavy (non-hydrogen) atoms. The maximum atomic E-state index is 12.7. The molecule has 9 heteroatoms. The van der Waals surface area contributed by atoms with E-state index >= 15 is 0 Å². The molecule has 7 nitrogen and oxygen atoms in total. The minimum absolute atomic E-state index is 0. The summed E-state index contributed by atoms with van der Waals surface area (Å²) >= 11 is 1.87. The number of nitrogens with zero attached hydrogens (tertiary/aromatic N) is 3. The first-order chi connectivity index (χ1) is 17.7. The molecule has 0 unspecified atom stereocenters. The van der Waals surface area contributed by atoms with Crippen LogP contribution in [0.25, 0.3) is 0 Å². The van der Waals surface area contributed by atoms with Gasteiger partial charge in [0.2, 0.25) is 0 Å². The lowest BCUT2D eigenvalue weighted by molar-refractivity contribution is 0.0263. The Morgan fingerprint density at radius 2 is 1.61 bits per heavy atom. The van der Waals surface area contributed by atoms with E-state index in [0.29, 0.717) is 6.54 Å². The molecule has 0 atom stereocenters. The molecule has 0 saturated carbocycles. The van der Waals surface area contributed by atoms with E-state index in [-0.39, 0.29) is 30.1 Å². The van der Waals surface area contributed by atoms with E-state index < -0.39 is 5.60 Å². The van der Waals surface area contributed by atoms with E-state index in [1.165, 1.54) is 43.7 Å². The smallest absolute Gasteiger partial charge is 0.410 e. The Kier molecular flexibility index (Phi) is 9.30. The molecule has 208 valence electrons. The average Bonchev–Trinajstić information content (AvgIpc) is 3.13. The summed E-state index contributed by atoms with van der Waals surface area (Å²) in [6, 6.07) is 9.29.